The number of nitrogens with one attached hydrogen (secondary N) is 1. The van der Waals surface area contributed by atoms with E-state index < -0.39 is 0 Å². The van der Waals surface area contributed by atoms with Gasteiger partial charge in [0.25, 0.3) is 0 Å². The molecule has 1 unspecified atom stereocenters. The zero-order valence-electron chi connectivity index (χ0n) is 11.6. The van der Waals surface area contributed by atoms with Gasteiger partial charge in [-0.2, -0.15) is 0 Å². The second-order valence-electron chi connectivity index (χ2n) is 5.96. The average molecular weight is 258 g/mol. The molecule has 3 heteroatoms. The van der Waals surface area contributed by atoms with Crippen LogP contribution in [0.15, 0.2) is 24.3 Å². The highest BCUT2D eigenvalue weighted by molar-refractivity contribution is 5.98. The maximum atomic E-state index is 12.9. The number of amides is 1. The first kappa shape index (κ1) is 12.7. The van der Waals surface area contributed by atoms with Crippen LogP contribution in [0.2, 0.25) is 0 Å². The molecule has 0 aliphatic carbocycles. The summed E-state index contributed by atoms with van der Waals surface area (Å²) in [5, 5.41) is 3.41. The molecule has 1 aromatic carbocycles. The lowest BCUT2D eigenvalue weighted by Gasteiger charge is -2.44. The van der Waals surface area contributed by atoms with E-state index in [1.54, 1.807) is 0 Å². The predicted octanol–water partition coefficient (Wildman–Crippen LogP) is 2.49. The highest BCUT2D eigenvalue weighted by Gasteiger charge is 2.44. The molecule has 3 nitrogen and oxygen atoms in total. The summed E-state index contributed by atoms with van der Waals surface area (Å²) in [6.07, 6.45) is 4.32. The van der Waals surface area contributed by atoms with Crippen LogP contribution < -0.4 is 10.2 Å². The molecular formula is C16H22N2O. The molecule has 2 saturated heterocycles. The maximum Gasteiger partial charge on any atom is 0.234 e. The van der Waals surface area contributed by atoms with Gasteiger partial charge in [-0.25, -0.2) is 0 Å². The summed E-state index contributed by atoms with van der Waals surface area (Å²) < 4.78 is 0. The summed E-state index contributed by atoms with van der Waals surface area (Å²) >= 11 is 0. The lowest BCUT2D eigenvalue weighted by Crippen LogP contribution is -2.55. The van der Waals surface area contributed by atoms with Gasteiger partial charge in [0.05, 0.1) is 5.41 Å². The predicted molar refractivity (Wildman–Crippen MR) is 77.3 cm³/mol. The first-order chi connectivity index (χ1) is 9.21. The van der Waals surface area contributed by atoms with Crippen molar-refractivity contribution in [3.05, 3.63) is 29.8 Å². The van der Waals surface area contributed by atoms with Gasteiger partial charge in [0.1, 0.15) is 0 Å². The lowest BCUT2D eigenvalue weighted by atomic mass is 9.73. The molecule has 1 atom stereocenters. The maximum absolute atomic E-state index is 12.9. The van der Waals surface area contributed by atoms with Crippen LogP contribution in [0.25, 0.3) is 0 Å². The number of nitrogens with zero attached hydrogens (tertiary/aromatic N) is 1. The zero-order valence-corrected chi connectivity index (χ0v) is 11.6. The van der Waals surface area contributed by atoms with Gasteiger partial charge in [-0.1, -0.05) is 12.1 Å². The molecule has 2 heterocycles. The number of piperidine rings is 2. The van der Waals surface area contributed by atoms with Crippen molar-refractivity contribution in [2.45, 2.75) is 32.6 Å². The number of hydrogen-bond donors (Lipinski definition) is 1. The Kier molecular flexibility index (Phi) is 3.31. The third-order valence-corrected chi connectivity index (χ3v) is 4.52. The second-order valence-corrected chi connectivity index (χ2v) is 5.96. The Labute approximate surface area is 115 Å². The van der Waals surface area contributed by atoms with Gasteiger partial charge in [-0.15, -0.1) is 0 Å². The van der Waals surface area contributed by atoms with Crippen LogP contribution in [0.5, 0.6) is 0 Å². The van der Waals surface area contributed by atoms with Crippen molar-refractivity contribution in [1.82, 2.24) is 5.32 Å². The highest BCUT2D eigenvalue weighted by atomic mass is 16.2. The van der Waals surface area contributed by atoms with Gasteiger partial charge in [0, 0.05) is 18.8 Å². The number of rotatable bonds is 1. The van der Waals surface area contributed by atoms with Crippen LogP contribution in [0.4, 0.5) is 5.69 Å². The number of anilines is 1. The normalized spacial score (nSPS) is 27.8. The second kappa shape index (κ2) is 4.97. The number of carbonyl (C=O) groups is 1. The van der Waals surface area contributed by atoms with E-state index in [0.717, 1.165) is 51.0 Å². The van der Waals surface area contributed by atoms with Gasteiger partial charge in [-0.05, 0) is 56.8 Å². The number of aryl methyl sites for hydroxylation is 1. The van der Waals surface area contributed by atoms with E-state index in [2.05, 4.69) is 30.4 Å². The quantitative estimate of drug-likeness (QED) is 0.839. The number of hydrogen-bond acceptors (Lipinski definition) is 2. The minimum atomic E-state index is -0.139. The molecular weight excluding hydrogens is 236 g/mol. The third kappa shape index (κ3) is 2.27. The van der Waals surface area contributed by atoms with Crippen molar-refractivity contribution in [2.24, 2.45) is 5.41 Å². The molecule has 0 bridgehead atoms. The summed E-state index contributed by atoms with van der Waals surface area (Å²) in [4.78, 5) is 14.9. The van der Waals surface area contributed by atoms with E-state index in [0.29, 0.717) is 5.91 Å². The fourth-order valence-electron chi connectivity index (χ4n) is 3.48. The van der Waals surface area contributed by atoms with Gasteiger partial charge < -0.3 is 10.2 Å². The topological polar surface area (TPSA) is 32.3 Å². The monoisotopic (exact) mass is 258 g/mol. The number of carbonyl (C=O) groups excluding carboxylic acids is 1. The van der Waals surface area contributed by atoms with Gasteiger partial charge in [0.15, 0.2) is 0 Å². The molecule has 102 valence electrons. The molecule has 1 aromatic rings. The molecule has 2 fully saturated rings. The first-order valence-corrected chi connectivity index (χ1v) is 7.31. The van der Waals surface area contributed by atoms with E-state index in [9.17, 15) is 4.79 Å². The molecule has 0 aromatic heterocycles. The zero-order chi connectivity index (χ0) is 13.3. The van der Waals surface area contributed by atoms with Crippen LogP contribution in [0.1, 0.15) is 31.2 Å². The molecule has 19 heavy (non-hydrogen) atoms. The molecule has 2 aliphatic rings. The fraction of sp³-hybridized carbons (Fsp3) is 0.562. The Morgan fingerprint density at radius 2 is 2.11 bits per heavy atom. The first-order valence-electron chi connectivity index (χ1n) is 7.31. The molecule has 3 rings (SSSR count). The van der Waals surface area contributed by atoms with Crippen LogP contribution in [-0.2, 0) is 4.79 Å². The smallest absolute Gasteiger partial charge is 0.234 e. The molecule has 0 radical (unpaired) electrons. The summed E-state index contributed by atoms with van der Waals surface area (Å²) in [6, 6.07) is 8.29. The van der Waals surface area contributed by atoms with Crippen molar-refractivity contribution in [3.63, 3.8) is 0 Å². The van der Waals surface area contributed by atoms with Gasteiger partial charge in [0.2, 0.25) is 5.91 Å². The van der Waals surface area contributed by atoms with Crippen LogP contribution in [-0.4, -0.2) is 25.5 Å². The standard InChI is InChI=1S/C16H22N2O/c1-13-5-2-6-14(11-13)18-10-4-8-16(15(18)19)7-3-9-17-12-16/h2,5-6,11,17H,3-4,7-10,12H2,1H3. The van der Waals surface area contributed by atoms with Crippen molar-refractivity contribution >= 4 is 11.6 Å². The van der Waals surface area contributed by atoms with Gasteiger partial charge in [-0.3, -0.25) is 4.79 Å². The summed E-state index contributed by atoms with van der Waals surface area (Å²) in [5.41, 5.74) is 2.14. The molecule has 1 amide bonds. The summed E-state index contributed by atoms with van der Waals surface area (Å²) in [6.45, 7) is 4.85. The van der Waals surface area contributed by atoms with E-state index in [4.69, 9.17) is 0 Å². The Morgan fingerprint density at radius 3 is 2.84 bits per heavy atom. The minimum absolute atomic E-state index is 0.139. The number of benzene rings is 1. The third-order valence-electron chi connectivity index (χ3n) is 4.52. The van der Waals surface area contributed by atoms with E-state index >= 15 is 0 Å². The largest absolute Gasteiger partial charge is 0.316 e. The van der Waals surface area contributed by atoms with Crippen LogP contribution in [0, 0.1) is 12.3 Å². The summed E-state index contributed by atoms with van der Waals surface area (Å²) in [7, 11) is 0. The SMILES string of the molecule is Cc1cccc(N2CCCC3(CCCNC3)C2=O)c1. The Morgan fingerprint density at radius 1 is 1.26 bits per heavy atom. The lowest BCUT2D eigenvalue weighted by molar-refractivity contribution is -0.131. The van der Waals surface area contributed by atoms with Crippen molar-refractivity contribution in [2.75, 3.05) is 24.5 Å². The summed E-state index contributed by atoms with van der Waals surface area (Å²) in [5.74, 6) is 0.330. The molecule has 1 spiro atoms. The van der Waals surface area contributed by atoms with Crippen LogP contribution in [0.3, 0.4) is 0 Å². The Balaban J connectivity index is 1.88. The minimum Gasteiger partial charge on any atom is -0.316 e. The van der Waals surface area contributed by atoms with Crippen molar-refractivity contribution in [1.29, 1.82) is 0 Å². The Hall–Kier alpha value is -1.35. The molecule has 2 aliphatic heterocycles. The van der Waals surface area contributed by atoms with E-state index in [-0.39, 0.29) is 5.41 Å². The molecule has 1 N–H and O–H groups in total. The van der Waals surface area contributed by atoms with Crippen molar-refractivity contribution < 1.29 is 4.79 Å². The Bertz CT molecular complexity index is 472. The fourth-order valence-corrected chi connectivity index (χ4v) is 3.48. The van der Waals surface area contributed by atoms with Gasteiger partial charge >= 0.3 is 0 Å². The highest BCUT2D eigenvalue weighted by Crippen LogP contribution is 2.38. The molecule has 0 saturated carbocycles. The van der Waals surface area contributed by atoms with Crippen molar-refractivity contribution in [3.8, 4) is 0 Å². The van der Waals surface area contributed by atoms with E-state index in [1.807, 2.05) is 11.0 Å². The van der Waals surface area contributed by atoms with E-state index in [1.165, 1.54) is 5.56 Å². The average Bonchev–Trinajstić information content (AvgIpc) is 2.43. The van der Waals surface area contributed by atoms with Crippen LogP contribution >= 0.6 is 0 Å².